The van der Waals surface area contributed by atoms with E-state index in [-0.39, 0.29) is 5.56 Å². The molecule has 100 valence electrons. The van der Waals surface area contributed by atoms with E-state index in [2.05, 4.69) is 19.9 Å². The number of aromatic carboxylic acids is 1. The third kappa shape index (κ3) is 1.95. The van der Waals surface area contributed by atoms with Crippen LogP contribution in [0.2, 0.25) is 0 Å². The smallest absolute Gasteiger partial charge is 0.341 e. The molecular formula is C13H11N5O2. The SMILES string of the molecule is CN(c1ccc2nc[nH]c2c1)c1ncncc1C(=O)O. The minimum atomic E-state index is -1.06. The van der Waals surface area contributed by atoms with E-state index < -0.39 is 5.97 Å². The van der Waals surface area contributed by atoms with E-state index >= 15 is 0 Å². The summed E-state index contributed by atoms with van der Waals surface area (Å²) in [5, 5.41) is 9.18. The summed E-state index contributed by atoms with van der Waals surface area (Å²) in [7, 11) is 1.76. The predicted octanol–water partition coefficient (Wildman–Crippen LogP) is 1.82. The predicted molar refractivity (Wildman–Crippen MR) is 73.1 cm³/mol. The first kappa shape index (κ1) is 12.1. The summed E-state index contributed by atoms with van der Waals surface area (Å²) in [5.41, 5.74) is 2.59. The standard InChI is InChI=1S/C13H11N5O2/c1-18(12-9(13(19)20)5-14-6-17-12)8-2-3-10-11(4-8)16-7-15-10/h2-7H,1H3,(H,15,16)(H,19,20). The van der Waals surface area contributed by atoms with E-state index in [9.17, 15) is 9.90 Å². The second-order valence-electron chi connectivity index (χ2n) is 4.23. The summed E-state index contributed by atoms with van der Waals surface area (Å²) in [5.74, 6) is -0.721. The lowest BCUT2D eigenvalue weighted by molar-refractivity contribution is 0.0697. The van der Waals surface area contributed by atoms with Gasteiger partial charge in [0, 0.05) is 18.9 Å². The van der Waals surface area contributed by atoms with Crippen LogP contribution in [0.1, 0.15) is 10.4 Å². The summed E-state index contributed by atoms with van der Waals surface area (Å²) < 4.78 is 0. The topological polar surface area (TPSA) is 95.0 Å². The molecule has 20 heavy (non-hydrogen) atoms. The van der Waals surface area contributed by atoms with Crippen molar-refractivity contribution in [3.63, 3.8) is 0 Å². The molecule has 3 aromatic rings. The van der Waals surface area contributed by atoms with Crippen molar-refractivity contribution in [1.82, 2.24) is 19.9 Å². The van der Waals surface area contributed by atoms with Crippen molar-refractivity contribution >= 4 is 28.5 Å². The van der Waals surface area contributed by atoms with Gasteiger partial charge >= 0.3 is 5.97 Å². The fourth-order valence-corrected chi connectivity index (χ4v) is 2.00. The Labute approximate surface area is 113 Å². The summed E-state index contributed by atoms with van der Waals surface area (Å²) in [6.07, 6.45) is 4.23. The fraction of sp³-hybridized carbons (Fsp3) is 0.0769. The number of anilines is 2. The van der Waals surface area contributed by atoms with Gasteiger partial charge in [0.1, 0.15) is 11.9 Å². The Morgan fingerprint density at radius 2 is 2.20 bits per heavy atom. The highest BCUT2D eigenvalue weighted by Crippen LogP contribution is 2.26. The largest absolute Gasteiger partial charge is 0.477 e. The highest BCUT2D eigenvalue weighted by Gasteiger charge is 2.16. The second kappa shape index (κ2) is 4.61. The maximum absolute atomic E-state index is 11.2. The van der Waals surface area contributed by atoms with Gasteiger partial charge in [-0.1, -0.05) is 0 Å². The van der Waals surface area contributed by atoms with Crippen LogP contribution in [0.5, 0.6) is 0 Å². The molecule has 7 nitrogen and oxygen atoms in total. The van der Waals surface area contributed by atoms with Crippen LogP contribution in [-0.4, -0.2) is 38.1 Å². The molecule has 7 heteroatoms. The number of benzene rings is 1. The molecule has 2 aromatic heterocycles. The number of carbonyl (C=O) groups is 1. The zero-order valence-corrected chi connectivity index (χ0v) is 10.6. The molecule has 0 unspecified atom stereocenters. The van der Waals surface area contributed by atoms with Crippen molar-refractivity contribution in [3.8, 4) is 0 Å². The Kier molecular flexibility index (Phi) is 2.79. The Balaban J connectivity index is 2.07. The average Bonchev–Trinajstić information content (AvgIpc) is 2.93. The molecule has 2 N–H and O–H groups in total. The molecule has 2 heterocycles. The molecule has 0 spiro atoms. The number of imidazole rings is 1. The van der Waals surface area contributed by atoms with Crippen LogP contribution in [0.4, 0.5) is 11.5 Å². The van der Waals surface area contributed by atoms with Crippen LogP contribution < -0.4 is 4.90 Å². The van der Waals surface area contributed by atoms with Gasteiger partial charge in [-0.05, 0) is 18.2 Å². The van der Waals surface area contributed by atoms with Gasteiger partial charge in [0.15, 0.2) is 5.82 Å². The number of nitrogens with zero attached hydrogens (tertiary/aromatic N) is 4. The van der Waals surface area contributed by atoms with Crippen LogP contribution in [0.3, 0.4) is 0 Å². The molecule has 0 amide bonds. The molecule has 0 aliphatic heterocycles. The first-order valence-electron chi connectivity index (χ1n) is 5.87. The van der Waals surface area contributed by atoms with E-state index in [0.29, 0.717) is 5.82 Å². The van der Waals surface area contributed by atoms with Crippen molar-refractivity contribution in [2.45, 2.75) is 0 Å². The molecule has 1 aromatic carbocycles. The molecule has 0 aliphatic carbocycles. The van der Waals surface area contributed by atoms with Crippen LogP contribution in [-0.2, 0) is 0 Å². The molecule has 0 radical (unpaired) electrons. The summed E-state index contributed by atoms with van der Waals surface area (Å²) in [6.45, 7) is 0. The van der Waals surface area contributed by atoms with Crippen LogP contribution in [0.25, 0.3) is 11.0 Å². The molecule has 0 fully saturated rings. The summed E-state index contributed by atoms with van der Waals surface area (Å²) in [4.78, 5) is 27.9. The quantitative estimate of drug-likeness (QED) is 0.753. The van der Waals surface area contributed by atoms with Gasteiger partial charge in [-0.15, -0.1) is 0 Å². The number of aromatic amines is 1. The van der Waals surface area contributed by atoms with E-state index in [1.54, 1.807) is 18.3 Å². The average molecular weight is 269 g/mol. The number of hydrogen-bond donors (Lipinski definition) is 2. The van der Waals surface area contributed by atoms with Crippen molar-refractivity contribution in [2.24, 2.45) is 0 Å². The number of hydrogen-bond acceptors (Lipinski definition) is 5. The van der Waals surface area contributed by atoms with Crippen LogP contribution in [0, 0.1) is 0 Å². The van der Waals surface area contributed by atoms with Gasteiger partial charge in [0.2, 0.25) is 0 Å². The lowest BCUT2D eigenvalue weighted by Gasteiger charge is -2.19. The minimum Gasteiger partial charge on any atom is -0.477 e. The number of carboxylic acid groups (broad SMARTS) is 1. The van der Waals surface area contributed by atoms with Gasteiger partial charge in [0.05, 0.1) is 17.4 Å². The maximum atomic E-state index is 11.2. The van der Waals surface area contributed by atoms with Gasteiger partial charge in [-0.3, -0.25) is 0 Å². The third-order valence-electron chi connectivity index (χ3n) is 3.03. The third-order valence-corrected chi connectivity index (χ3v) is 3.03. The summed E-state index contributed by atoms with van der Waals surface area (Å²) in [6, 6.07) is 5.60. The Hall–Kier alpha value is -2.96. The second-order valence-corrected chi connectivity index (χ2v) is 4.23. The molecule has 0 bridgehead atoms. The van der Waals surface area contributed by atoms with Crippen LogP contribution >= 0.6 is 0 Å². The van der Waals surface area contributed by atoms with Crippen molar-refractivity contribution < 1.29 is 9.90 Å². The monoisotopic (exact) mass is 269 g/mol. The normalized spacial score (nSPS) is 10.7. The number of aromatic nitrogens is 4. The molecule has 0 saturated heterocycles. The van der Waals surface area contributed by atoms with Gasteiger partial charge in [-0.25, -0.2) is 19.7 Å². The lowest BCUT2D eigenvalue weighted by Crippen LogP contribution is -2.16. The van der Waals surface area contributed by atoms with Gasteiger partial charge in [-0.2, -0.15) is 0 Å². The number of H-pyrrole nitrogens is 1. The van der Waals surface area contributed by atoms with E-state index in [1.165, 1.54) is 12.5 Å². The first-order valence-corrected chi connectivity index (χ1v) is 5.87. The van der Waals surface area contributed by atoms with Crippen molar-refractivity contribution in [2.75, 3.05) is 11.9 Å². The van der Waals surface area contributed by atoms with E-state index in [1.807, 2.05) is 18.2 Å². The Morgan fingerprint density at radius 3 is 3.00 bits per heavy atom. The maximum Gasteiger partial charge on any atom is 0.341 e. The number of carboxylic acids is 1. The zero-order chi connectivity index (χ0) is 14.1. The van der Waals surface area contributed by atoms with Crippen LogP contribution in [0.15, 0.2) is 37.1 Å². The first-order chi connectivity index (χ1) is 9.66. The molecule has 0 saturated carbocycles. The molecule has 0 aliphatic rings. The fourth-order valence-electron chi connectivity index (χ4n) is 2.00. The Morgan fingerprint density at radius 1 is 1.35 bits per heavy atom. The molecular weight excluding hydrogens is 258 g/mol. The zero-order valence-electron chi connectivity index (χ0n) is 10.6. The van der Waals surface area contributed by atoms with E-state index in [4.69, 9.17) is 0 Å². The Bertz CT molecular complexity index is 783. The number of rotatable bonds is 3. The molecule has 3 rings (SSSR count). The van der Waals surface area contributed by atoms with E-state index in [0.717, 1.165) is 16.7 Å². The van der Waals surface area contributed by atoms with Gasteiger partial charge < -0.3 is 15.0 Å². The van der Waals surface area contributed by atoms with Gasteiger partial charge in [0.25, 0.3) is 0 Å². The highest BCUT2D eigenvalue weighted by atomic mass is 16.4. The lowest BCUT2D eigenvalue weighted by atomic mass is 10.2. The minimum absolute atomic E-state index is 0.0553. The number of fused-ring (bicyclic) bond motifs is 1. The van der Waals surface area contributed by atoms with Crippen molar-refractivity contribution in [1.29, 1.82) is 0 Å². The summed E-state index contributed by atoms with van der Waals surface area (Å²) >= 11 is 0. The van der Waals surface area contributed by atoms with Crippen molar-refractivity contribution in [3.05, 3.63) is 42.6 Å². The molecule has 0 atom stereocenters. The number of nitrogens with one attached hydrogen (secondary N) is 1. The highest BCUT2D eigenvalue weighted by molar-refractivity contribution is 5.94.